The van der Waals surface area contributed by atoms with Crippen molar-refractivity contribution in [3.8, 4) is 11.5 Å². The van der Waals surface area contributed by atoms with Crippen molar-refractivity contribution >= 4 is 5.78 Å². The Morgan fingerprint density at radius 3 is 2.84 bits per heavy atom. The van der Waals surface area contributed by atoms with Gasteiger partial charge < -0.3 is 9.84 Å². The van der Waals surface area contributed by atoms with E-state index >= 15 is 0 Å². The first-order valence-corrected chi connectivity index (χ1v) is 6.92. The topological polar surface area (TPSA) is 46.5 Å². The average molecular weight is 260 g/mol. The first kappa shape index (κ1) is 12.5. The van der Waals surface area contributed by atoms with Gasteiger partial charge in [-0.2, -0.15) is 0 Å². The molecule has 1 aromatic rings. The number of ketones is 1. The Morgan fingerprint density at radius 2 is 2.11 bits per heavy atom. The van der Waals surface area contributed by atoms with Crippen molar-refractivity contribution in [2.24, 2.45) is 5.92 Å². The van der Waals surface area contributed by atoms with Crippen molar-refractivity contribution in [3.63, 3.8) is 0 Å². The highest BCUT2D eigenvalue weighted by molar-refractivity contribution is 5.81. The van der Waals surface area contributed by atoms with E-state index in [0.717, 1.165) is 23.3 Å². The lowest BCUT2D eigenvalue weighted by Crippen LogP contribution is -2.47. The van der Waals surface area contributed by atoms with Crippen LogP contribution in [0.5, 0.6) is 11.5 Å². The third-order valence-corrected chi connectivity index (χ3v) is 4.57. The van der Waals surface area contributed by atoms with Crippen molar-refractivity contribution < 1.29 is 14.6 Å². The fourth-order valence-corrected chi connectivity index (χ4v) is 3.70. The number of aromatic hydroxyl groups is 1. The average Bonchev–Trinajstić information content (AvgIpc) is 2.25. The molecule has 0 bridgehead atoms. The number of fused-ring (bicyclic) bond motifs is 3. The normalized spacial score (nSPS) is 28.3. The van der Waals surface area contributed by atoms with Gasteiger partial charge in [0.05, 0.1) is 0 Å². The van der Waals surface area contributed by atoms with Crippen molar-refractivity contribution in [1.82, 2.24) is 0 Å². The van der Waals surface area contributed by atoms with Gasteiger partial charge in [0, 0.05) is 30.2 Å². The van der Waals surface area contributed by atoms with E-state index in [1.807, 2.05) is 13.0 Å². The molecule has 2 atom stereocenters. The van der Waals surface area contributed by atoms with E-state index in [0.29, 0.717) is 24.5 Å². The summed E-state index contributed by atoms with van der Waals surface area (Å²) in [4.78, 5) is 11.8. The lowest BCUT2D eigenvalue weighted by Gasteiger charge is -2.47. The van der Waals surface area contributed by atoms with Gasteiger partial charge in [-0.25, -0.2) is 0 Å². The molecule has 1 N–H and O–H groups in total. The van der Waals surface area contributed by atoms with E-state index in [1.54, 1.807) is 6.07 Å². The fraction of sp³-hybridized carbons (Fsp3) is 0.562. The van der Waals surface area contributed by atoms with Crippen LogP contribution in [-0.4, -0.2) is 16.5 Å². The number of phenols is 1. The van der Waals surface area contributed by atoms with Crippen LogP contribution >= 0.6 is 0 Å². The molecule has 1 heterocycles. The van der Waals surface area contributed by atoms with Crippen LogP contribution in [0.3, 0.4) is 0 Å². The zero-order valence-electron chi connectivity index (χ0n) is 11.7. The Balaban J connectivity index is 2.15. The summed E-state index contributed by atoms with van der Waals surface area (Å²) in [7, 11) is 0. The lowest BCUT2D eigenvalue weighted by molar-refractivity contribution is -0.124. The maximum atomic E-state index is 11.8. The van der Waals surface area contributed by atoms with Crippen LogP contribution in [-0.2, 0) is 4.79 Å². The summed E-state index contributed by atoms with van der Waals surface area (Å²) in [5, 5.41) is 10.2. The summed E-state index contributed by atoms with van der Waals surface area (Å²) >= 11 is 0. The van der Waals surface area contributed by atoms with Crippen LogP contribution in [0.25, 0.3) is 0 Å². The van der Waals surface area contributed by atoms with Gasteiger partial charge in [0.2, 0.25) is 0 Å². The van der Waals surface area contributed by atoms with Gasteiger partial charge in [0.1, 0.15) is 22.9 Å². The minimum atomic E-state index is -0.279. The predicted octanol–water partition coefficient (Wildman–Crippen LogP) is 3.32. The second-order valence-electron chi connectivity index (χ2n) is 6.40. The highest BCUT2D eigenvalue weighted by Crippen LogP contribution is 2.53. The molecule has 1 fully saturated rings. The van der Waals surface area contributed by atoms with Gasteiger partial charge in [0.25, 0.3) is 0 Å². The molecule has 19 heavy (non-hydrogen) atoms. The second kappa shape index (κ2) is 3.99. The number of carbonyl (C=O) groups is 1. The lowest BCUT2D eigenvalue weighted by atomic mass is 9.66. The van der Waals surface area contributed by atoms with Crippen LogP contribution in [0, 0.1) is 12.8 Å². The Kier molecular flexibility index (Phi) is 2.63. The summed E-state index contributed by atoms with van der Waals surface area (Å²) in [6.45, 7) is 6.11. The number of phenolic OH excluding ortho intramolecular Hbond substituents is 1. The van der Waals surface area contributed by atoms with Gasteiger partial charge >= 0.3 is 0 Å². The number of hydrogen-bond donors (Lipinski definition) is 1. The number of hydrogen-bond acceptors (Lipinski definition) is 3. The van der Waals surface area contributed by atoms with Crippen molar-refractivity contribution in [3.05, 3.63) is 23.3 Å². The summed E-state index contributed by atoms with van der Waals surface area (Å²) in [6, 6.07) is 3.72. The molecule has 102 valence electrons. The molecular formula is C16H20O3. The van der Waals surface area contributed by atoms with Crippen LogP contribution in [0.15, 0.2) is 12.1 Å². The molecule has 2 aliphatic rings. The summed E-state index contributed by atoms with van der Waals surface area (Å²) in [5.41, 5.74) is 1.54. The second-order valence-corrected chi connectivity index (χ2v) is 6.40. The van der Waals surface area contributed by atoms with E-state index in [2.05, 4.69) is 13.8 Å². The number of aryl methyl sites for hydroxylation is 1. The fourth-order valence-electron chi connectivity index (χ4n) is 3.70. The van der Waals surface area contributed by atoms with E-state index in [9.17, 15) is 9.90 Å². The molecule has 2 unspecified atom stereocenters. The van der Waals surface area contributed by atoms with Gasteiger partial charge in [-0.1, -0.05) is 0 Å². The number of ether oxygens (including phenoxy) is 1. The molecule has 1 aromatic carbocycles. The predicted molar refractivity (Wildman–Crippen MR) is 72.6 cm³/mol. The first-order chi connectivity index (χ1) is 8.88. The maximum absolute atomic E-state index is 11.8. The molecule has 0 radical (unpaired) electrons. The highest BCUT2D eigenvalue weighted by Gasteiger charge is 2.47. The molecule has 3 heteroatoms. The molecule has 3 rings (SSSR count). The molecule has 3 nitrogen and oxygen atoms in total. The first-order valence-electron chi connectivity index (χ1n) is 6.92. The zero-order valence-corrected chi connectivity index (χ0v) is 11.7. The molecule has 0 aromatic heterocycles. The van der Waals surface area contributed by atoms with Crippen molar-refractivity contribution in [2.45, 2.75) is 51.6 Å². The Labute approximate surface area is 113 Å². The zero-order chi connectivity index (χ0) is 13.8. The van der Waals surface area contributed by atoms with Crippen LogP contribution < -0.4 is 4.74 Å². The van der Waals surface area contributed by atoms with E-state index < -0.39 is 0 Å². The number of Topliss-reactive ketones (excluding diaryl/α,β-unsaturated/α-hetero) is 1. The number of rotatable bonds is 0. The van der Waals surface area contributed by atoms with Crippen LogP contribution in [0.2, 0.25) is 0 Å². The van der Waals surface area contributed by atoms with Gasteiger partial charge in [-0.05, 0) is 44.9 Å². The van der Waals surface area contributed by atoms with Gasteiger partial charge in [-0.15, -0.1) is 0 Å². The van der Waals surface area contributed by atoms with Gasteiger partial charge in [-0.3, -0.25) is 4.79 Å². The van der Waals surface area contributed by atoms with E-state index in [-0.39, 0.29) is 17.3 Å². The van der Waals surface area contributed by atoms with E-state index in [1.165, 1.54) is 0 Å². The third kappa shape index (κ3) is 1.92. The summed E-state index contributed by atoms with van der Waals surface area (Å²) < 4.78 is 6.11. The van der Waals surface area contributed by atoms with Crippen molar-refractivity contribution in [1.29, 1.82) is 0 Å². The Morgan fingerprint density at radius 1 is 1.37 bits per heavy atom. The molecule has 0 spiro atoms. The number of carbonyl (C=O) groups excluding carboxylic acids is 1. The standard InChI is InChI=1S/C16H20O3/c1-9-6-13(18)15-11-8-10(17)4-5-12(11)16(2,3)19-14(15)7-9/h6-7,11-12,18H,4-5,8H2,1-3H3. The van der Waals surface area contributed by atoms with Crippen LogP contribution in [0.1, 0.15) is 50.2 Å². The molecule has 1 aliphatic carbocycles. The minimum absolute atomic E-state index is 0.0978. The molecule has 0 saturated heterocycles. The SMILES string of the molecule is Cc1cc(O)c2c(c1)OC(C)(C)C1CCC(=O)CC21. The molecule has 1 saturated carbocycles. The molecular weight excluding hydrogens is 240 g/mol. The summed E-state index contributed by atoms with van der Waals surface area (Å²) in [5.74, 6) is 1.71. The summed E-state index contributed by atoms with van der Waals surface area (Å²) in [6.07, 6.45) is 2.01. The third-order valence-electron chi connectivity index (χ3n) is 4.57. The highest BCUT2D eigenvalue weighted by atomic mass is 16.5. The number of benzene rings is 1. The van der Waals surface area contributed by atoms with Crippen LogP contribution in [0.4, 0.5) is 0 Å². The van der Waals surface area contributed by atoms with E-state index in [4.69, 9.17) is 4.74 Å². The molecule has 0 amide bonds. The maximum Gasteiger partial charge on any atom is 0.133 e. The Bertz CT molecular complexity index is 545. The Hall–Kier alpha value is -1.51. The molecule has 1 aliphatic heterocycles. The monoisotopic (exact) mass is 260 g/mol. The smallest absolute Gasteiger partial charge is 0.133 e. The largest absolute Gasteiger partial charge is 0.508 e. The quantitative estimate of drug-likeness (QED) is 0.778. The van der Waals surface area contributed by atoms with Gasteiger partial charge in [0.15, 0.2) is 0 Å². The van der Waals surface area contributed by atoms with Crippen molar-refractivity contribution in [2.75, 3.05) is 0 Å². The minimum Gasteiger partial charge on any atom is -0.508 e.